The maximum Gasteiger partial charge on any atom is -0.000139 e. The van der Waals surface area contributed by atoms with Crippen molar-refractivity contribution in [3.8, 4) is 66.8 Å². The maximum atomic E-state index is 2.34. The van der Waals surface area contributed by atoms with E-state index in [-0.39, 0.29) is 0 Å². The highest BCUT2D eigenvalue weighted by molar-refractivity contribution is 6.22. The van der Waals surface area contributed by atoms with Crippen LogP contribution in [0.15, 0.2) is 206 Å². The molecule has 50 heavy (non-hydrogen) atoms. The SMILES string of the molecule is c1ccc(-c2c(-c3ccccc3)c(-c3ccccc3)c(-c3c4ccccc4cc4ccccc34)c(-c3ccccc3)c2-c2ccccc2)cc1. The van der Waals surface area contributed by atoms with Crippen molar-refractivity contribution in [1.29, 1.82) is 0 Å². The molecular formula is C50H34. The Morgan fingerprint density at radius 1 is 0.180 bits per heavy atom. The van der Waals surface area contributed by atoms with Crippen LogP contribution in [0.1, 0.15) is 0 Å². The Kier molecular flexibility index (Phi) is 7.61. The Morgan fingerprint density at radius 3 is 0.720 bits per heavy atom. The molecule has 0 aliphatic rings. The van der Waals surface area contributed by atoms with Crippen LogP contribution in [-0.2, 0) is 0 Å². The van der Waals surface area contributed by atoms with Crippen molar-refractivity contribution >= 4 is 21.5 Å². The van der Waals surface area contributed by atoms with Crippen LogP contribution in [0.5, 0.6) is 0 Å². The molecule has 234 valence electrons. The molecule has 0 radical (unpaired) electrons. The molecule has 0 heteroatoms. The van der Waals surface area contributed by atoms with Crippen LogP contribution in [0, 0.1) is 0 Å². The van der Waals surface area contributed by atoms with Crippen LogP contribution in [0.3, 0.4) is 0 Å². The number of rotatable bonds is 6. The van der Waals surface area contributed by atoms with Gasteiger partial charge in [0.25, 0.3) is 0 Å². The quantitative estimate of drug-likeness (QED) is 0.160. The monoisotopic (exact) mass is 634 g/mol. The van der Waals surface area contributed by atoms with E-state index in [9.17, 15) is 0 Å². The fraction of sp³-hybridized carbons (Fsp3) is 0. The Labute approximate surface area is 293 Å². The smallest absolute Gasteiger partial charge is 0.000139 e. The molecule has 0 atom stereocenters. The molecule has 0 fully saturated rings. The Morgan fingerprint density at radius 2 is 0.420 bits per heavy atom. The molecule has 0 saturated carbocycles. The number of fused-ring (bicyclic) bond motifs is 2. The van der Waals surface area contributed by atoms with Gasteiger partial charge in [-0.3, -0.25) is 0 Å². The van der Waals surface area contributed by atoms with Gasteiger partial charge in [-0.2, -0.15) is 0 Å². The van der Waals surface area contributed by atoms with Gasteiger partial charge < -0.3 is 0 Å². The minimum atomic E-state index is 1.19. The second kappa shape index (κ2) is 12.8. The van der Waals surface area contributed by atoms with Crippen molar-refractivity contribution in [2.75, 3.05) is 0 Å². The first-order valence-corrected chi connectivity index (χ1v) is 17.3. The molecule has 0 nitrogen and oxygen atoms in total. The van der Waals surface area contributed by atoms with Crippen LogP contribution < -0.4 is 0 Å². The summed E-state index contributed by atoms with van der Waals surface area (Å²) in [4.78, 5) is 0. The lowest BCUT2D eigenvalue weighted by Crippen LogP contribution is -2.02. The summed E-state index contributed by atoms with van der Waals surface area (Å²) in [6, 6.07) is 75.1. The van der Waals surface area contributed by atoms with E-state index in [0.29, 0.717) is 0 Å². The predicted molar refractivity (Wildman–Crippen MR) is 214 cm³/mol. The Balaban J connectivity index is 1.65. The summed E-state index contributed by atoms with van der Waals surface area (Å²) in [5.74, 6) is 0. The van der Waals surface area contributed by atoms with Gasteiger partial charge in [0, 0.05) is 0 Å². The van der Waals surface area contributed by atoms with Gasteiger partial charge in [-0.15, -0.1) is 0 Å². The fourth-order valence-corrected chi connectivity index (χ4v) is 7.75. The van der Waals surface area contributed by atoms with Crippen LogP contribution in [0.2, 0.25) is 0 Å². The minimum absolute atomic E-state index is 1.19. The van der Waals surface area contributed by atoms with E-state index in [2.05, 4.69) is 206 Å². The Hall–Kier alpha value is -6.50. The largest absolute Gasteiger partial charge is 0.0622 e. The van der Waals surface area contributed by atoms with Crippen LogP contribution >= 0.6 is 0 Å². The van der Waals surface area contributed by atoms with Crippen molar-refractivity contribution in [1.82, 2.24) is 0 Å². The molecule has 0 amide bonds. The van der Waals surface area contributed by atoms with Crippen molar-refractivity contribution in [3.63, 3.8) is 0 Å². The van der Waals surface area contributed by atoms with Crippen LogP contribution in [0.25, 0.3) is 88.3 Å². The van der Waals surface area contributed by atoms with E-state index < -0.39 is 0 Å². The predicted octanol–water partition coefficient (Wildman–Crippen LogP) is 14.0. The normalized spacial score (nSPS) is 11.2. The average Bonchev–Trinajstić information content (AvgIpc) is 3.20. The summed E-state index contributed by atoms with van der Waals surface area (Å²) in [5, 5.41) is 4.94. The standard InChI is InChI=1S/C50H34/c1-6-20-35(21-7-1)44-45(36-22-8-2-9-23-36)47(38-26-12-4-13-27-38)50(48(39-28-14-5-15-29-39)46(44)37-24-10-3-11-25-37)49-42-32-18-16-30-40(42)34-41-31-17-19-33-43(41)49/h1-34H. The molecule has 0 heterocycles. The first-order valence-electron chi connectivity index (χ1n) is 17.3. The number of benzene rings is 9. The van der Waals surface area contributed by atoms with Crippen molar-refractivity contribution < 1.29 is 0 Å². The van der Waals surface area contributed by atoms with Gasteiger partial charge >= 0.3 is 0 Å². The highest BCUT2D eigenvalue weighted by Crippen LogP contribution is 2.57. The van der Waals surface area contributed by atoms with Crippen molar-refractivity contribution in [3.05, 3.63) is 206 Å². The van der Waals surface area contributed by atoms with Gasteiger partial charge in [0.2, 0.25) is 0 Å². The fourth-order valence-electron chi connectivity index (χ4n) is 7.75. The molecule has 0 bridgehead atoms. The first kappa shape index (κ1) is 29.6. The van der Waals surface area contributed by atoms with Gasteiger partial charge in [-0.1, -0.05) is 200 Å². The van der Waals surface area contributed by atoms with Gasteiger partial charge in [0.1, 0.15) is 0 Å². The summed E-state index contributed by atoms with van der Waals surface area (Å²) in [5.41, 5.74) is 14.6. The average molecular weight is 635 g/mol. The second-order valence-electron chi connectivity index (χ2n) is 12.8. The van der Waals surface area contributed by atoms with Crippen molar-refractivity contribution in [2.24, 2.45) is 0 Å². The molecule has 0 unspecified atom stereocenters. The van der Waals surface area contributed by atoms with Gasteiger partial charge in [-0.25, -0.2) is 0 Å². The molecule has 0 N–H and O–H groups in total. The third-order valence-corrected chi connectivity index (χ3v) is 9.83. The van der Waals surface area contributed by atoms with Gasteiger partial charge in [-0.05, 0) is 94.4 Å². The summed E-state index contributed by atoms with van der Waals surface area (Å²) < 4.78 is 0. The molecule has 9 aromatic carbocycles. The van der Waals surface area contributed by atoms with Gasteiger partial charge in [0.15, 0.2) is 0 Å². The topological polar surface area (TPSA) is 0 Å². The molecule has 9 aromatic rings. The second-order valence-corrected chi connectivity index (χ2v) is 12.8. The third kappa shape index (κ3) is 5.10. The van der Waals surface area contributed by atoms with Gasteiger partial charge in [0.05, 0.1) is 0 Å². The van der Waals surface area contributed by atoms with Crippen LogP contribution in [0.4, 0.5) is 0 Å². The summed E-state index contributed by atoms with van der Waals surface area (Å²) >= 11 is 0. The van der Waals surface area contributed by atoms with E-state index in [0.717, 1.165) is 0 Å². The number of hydrogen-bond acceptors (Lipinski definition) is 0. The maximum absolute atomic E-state index is 2.34. The molecule has 0 aromatic heterocycles. The summed E-state index contributed by atoms with van der Waals surface area (Å²) in [6.07, 6.45) is 0. The van der Waals surface area contributed by atoms with E-state index in [1.807, 2.05) is 0 Å². The van der Waals surface area contributed by atoms with Crippen LogP contribution in [-0.4, -0.2) is 0 Å². The number of hydrogen-bond donors (Lipinski definition) is 0. The van der Waals surface area contributed by atoms with Crippen molar-refractivity contribution in [2.45, 2.75) is 0 Å². The first-order chi connectivity index (χ1) is 24.9. The summed E-state index contributed by atoms with van der Waals surface area (Å²) in [7, 11) is 0. The zero-order chi connectivity index (χ0) is 33.3. The molecule has 0 aliphatic carbocycles. The van der Waals surface area contributed by atoms with E-state index in [1.165, 1.54) is 88.3 Å². The third-order valence-electron chi connectivity index (χ3n) is 9.83. The Bertz CT molecular complexity index is 2430. The minimum Gasteiger partial charge on any atom is -0.0622 e. The zero-order valence-electron chi connectivity index (χ0n) is 27.6. The lowest BCUT2D eigenvalue weighted by Gasteiger charge is -2.29. The summed E-state index contributed by atoms with van der Waals surface area (Å²) in [6.45, 7) is 0. The van der Waals surface area contributed by atoms with E-state index in [4.69, 9.17) is 0 Å². The lowest BCUT2D eigenvalue weighted by atomic mass is 9.73. The van der Waals surface area contributed by atoms with E-state index >= 15 is 0 Å². The lowest BCUT2D eigenvalue weighted by molar-refractivity contribution is 1.52. The highest BCUT2D eigenvalue weighted by atomic mass is 14.3. The highest BCUT2D eigenvalue weighted by Gasteiger charge is 2.30. The molecule has 0 saturated heterocycles. The molecular weight excluding hydrogens is 601 g/mol. The molecule has 0 aliphatic heterocycles. The zero-order valence-corrected chi connectivity index (χ0v) is 27.6. The molecule has 9 rings (SSSR count). The molecule has 0 spiro atoms. The van der Waals surface area contributed by atoms with E-state index in [1.54, 1.807) is 0 Å².